The molecule has 0 unspecified atom stereocenters. The molecule has 0 amide bonds. The summed E-state index contributed by atoms with van der Waals surface area (Å²) in [4.78, 5) is 11.1. The van der Waals surface area contributed by atoms with Gasteiger partial charge < -0.3 is 14.9 Å². The lowest BCUT2D eigenvalue weighted by atomic mass is 9.84. The molecule has 0 radical (unpaired) electrons. The largest absolute Gasteiger partial charge is 0.503 e. The van der Waals surface area contributed by atoms with Crippen LogP contribution in [-0.2, 0) is 11.2 Å². The Balaban J connectivity index is 3.27. The van der Waals surface area contributed by atoms with Crippen molar-refractivity contribution >= 4 is 17.6 Å². The second-order valence-electron chi connectivity index (χ2n) is 4.90. The number of aliphatic carboxylic acids is 1. The number of rotatable bonds is 4. The summed E-state index contributed by atoms with van der Waals surface area (Å²) in [5.74, 6) is -0.774. The van der Waals surface area contributed by atoms with Crippen LogP contribution in [-0.4, -0.2) is 23.3 Å². The Morgan fingerprint density at radius 3 is 2.50 bits per heavy atom. The van der Waals surface area contributed by atoms with Gasteiger partial charge in [0, 0.05) is 0 Å². The first kappa shape index (κ1) is 14.6. The molecule has 0 saturated carbocycles. The minimum absolute atomic E-state index is 0.152. The third kappa shape index (κ3) is 2.70. The van der Waals surface area contributed by atoms with Crippen LogP contribution in [0.25, 0.3) is 0 Å². The molecule has 1 rings (SSSR count). The van der Waals surface area contributed by atoms with Gasteiger partial charge in [0.25, 0.3) is 0 Å². The highest BCUT2D eigenvalue weighted by molar-refractivity contribution is 6.33. The van der Waals surface area contributed by atoms with Crippen molar-refractivity contribution in [3.63, 3.8) is 0 Å². The average molecular weight is 273 g/mol. The van der Waals surface area contributed by atoms with Crippen LogP contribution in [0.4, 0.5) is 0 Å². The van der Waals surface area contributed by atoms with Crippen molar-refractivity contribution in [2.24, 2.45) is 5.41 Å². The third-order valence-electron chi connectivity index (χ3n) is 2.95. The summed E-state index contributed by atoms with van der Waals surface area (Å²) >= 11 is 6.07. The lowest BCUT2D eigenvalue weighted by Crippen LogP contribution is -2.26. The zero-order valence-corrected chi connectivity index (χ0v) is 11.6. The summed E-state index contributed by atoms with van der Waals surface area (Å²) in [5, 5.41) is 19.1. The van der Waals surface area contributed by atoms with E-state index in [2.05, 4.69) is 0 Å². The van der Waals surface area contributed by atoms with Crippen molar-refractivity contribution in [3.8, 4) is 11.5 Å². The number of aromatic hydroxyl groups is 1. The first-order valence-corrected chi connectivity index (χ1v) is 5.87. The molecule has 1 aromatic rings. The fourth-order valence-corrected chi connectivity index (χ4v) is 1.98. The average Bonchev–Trinajstić information content (AvgIpc) is 2.29. The molecular weight excluding hydrogens is 256 g/mol. The van der Waals surface area contributed by atoms with Gasteiger partial charge in [-0.3, -0.25) is 4.79 Å². The molecule has 0 aliphatic rings. The maximum atomic E-state index is 11.1. The molecule has 2 N–H and O–H groups in total. The highest BCUT2D eigenvalue weighted by atomic mass is 35.5. The van der Waals surface area contributed by atoms with Crippen molar-refractivity contribution < 1.29 is 19.7 Å². The number of phenols is 1. The van der Waals surface area contributed by atoms with Crippen molar-refractivity contribution in [1.29, 1.82) is 0 Å². The second-order valence-corrected chi connectivity index (χ2v) is 5.28. The van der Waals surface area contributed by atoms with Crippen molar-refractivity contribution in [1.82, 2.24) is 0 Å². The number of methoxy groups -OCH3 is 1. The fourth-order valence-electron chi connectivity index (χ4n) is 1.67. The highest BCUT2D eigenvalue weighted by Crippen LogP contribution is 2.40. The van der Waals surface area contributed by atoms with E-state index in [0.29, 0.717) is 5.56 Å². The predicted molar refractivity (Wildman–Crippen MR) is 69.5 cm³/mol. The van der Waals surface area contributed by atoms with E-state index in [1.54, 1.807) is 26.8 Å². The minimum atomic E-state index is -0.949. The topological polar surface area (TPSA) is 66.8 Å². The van der Waals surface area contributed by atoms with Gasteiger partial charge >= 0.3 is 5.97 Å². The highest BCUT2D eigenvalue weighted by Gasteiger charge is 2.30. The molecule has 0 aromatic heterocycles. The number of hydrogen-bond acceptors (Lipinski definition) is 3. The van der Waals surface area contributed by atoms with E-state index in [-0.39, 0.29) is 22.9 Å². The monoisotopic (exact) mass is 272 g/mol. The number of benzene rings is 1. The van der Waals surface area contributed by atoms with Gasteiger partial charge in [-0.2, -0.15) is 0 Å². The number of aryl methyl sites for hydroxylation is 1. The van der Waals surface area contributed by atoms with Gasteiger partial charge in [0.05, 0.1) is 17.5 Å². The molecule has 1 aromatic carbocycles. The van der Waals surface area contributed by atoms with E-state index in [0.717, 1.165) is 5.56 Å². The summed E-state index contributed by atoms with van der Waals surface area (Å²) < 4.78 is 4.99. The smallest absolute Gasteiger partial charge is 0.309 e. The molecule has 0 spiro atoms. The molecule has 0 atom stereocenters. The fraction of sp³-hybridized carbons (Fsp3) is 0.462. The summed E-state index contributed by atoms with van der Waals surface area (Å²) in [6, 6.07) is 1.65. The van der Waals surface area contributed by atoms with Gasteiger partial charge in [0.2, 0.25) is 0 Å². The Labute approximate surface area is 111 Å². The number of carboxylic acid groups (broad SMARTS) is 1. The number of phenolic OH excluding ortho intramolecular Hbond substituents is 1. The van der Waals surface area contributed by atoms with Crippen LogP contribution in [0, 0.1) is 12.3 Å². The Morgan fingerprint density at radius 1 is 1.50 bits per heavy atom. The second kappa shape index (κ2) is 5.06. The zero-order chi connectivity index (χ0) is 14.1. The van der Waals surface area contributed by atoms with Crippen LogP contribution in [0.15, 0.2) is 6.07 Å². The maximum Gasteiger partial charge on any atom is 0.309 e. The molecule has 100 valence electrons. The molecule has 5 heteroatoms. The number of carbonyl (C=O) groups is 1. The van der Waals surface area contributed by atoms with E-state index < -0.39 is 11.4 Å². The summed E-state index contributed by atoms with van der Waals surface area (Å²) in [7, 11) is 1.44. The first-order chi connectivity index (χ1) is 8.20. The molecule has 0 bridgehead atoms. The van der Waals surface area contributed by atoms with Crippen LogP contribution < -0.4 is 4.74 Å². The van der Waals surface area contributed by atoms with E-state index in [1.807, 2.05) is 0 Å². The Morgan fingerprint density at radius 2 is 2.06 bits per heavy atom. The van der Waals surface area contributed by atoms with Crippen LogP contribution in [0.1, 0.15) is 25.0 Å². The van der Waals surface area contributed by atoms with E-state index in [9.17, 15) is 9.90 Å². The third-order valence-corrected chi connectivity index (χ3v) is 3.35. The Hall–Kier alpha value is -1.42. The summed E-state index contributed by atoms with van der Waals surface area (Å²) in [5.41, 5.74) is 0.474. The Bertz CT molecular complexity index is 480. The van der Waals surface area contributed by atoms with Crippen molar-refractivity contribution in [3.05, 3.63) is 22.2 Å². The summed E-state index contributed by atoms with van der Waals surface area (Å²) in [6.07, 6.45) is 0.241. The molecular formula is C13H17ClO4. The van der Waals surface area contributed by atoms with Gasteiger partial charge in [0.15, 0.2) is 11.5 Å². The van der Waals surface area contributed by atoms with Gasteiger partial charge in [-0.05, 0) is 44.4 Å². The molecule has 0 saturated heterocycles. The van der Waals surface area contributed by atoms with Gasteiger partial charge in [-0.1, -0.05) is 11.6 Å². The molecule has 4 nitrogen and oxygen atoms in total. The van der Waals surface area contributed by atoms with Crippen LogP contribution in [0.5, 0.6) is 11.5 Å². The van der Waals surface area contributed by atoms with Gasteiger partial charge in [0.1, 0.15) is 0 Å². The van der Waals surface area contributed by atoms with Gasteiger partial charge in [-0.25, -0.2) is 0 Å². The number of halogens is 1. The van der Waals surface area contributed by atoms with Crippen molar-refractivity contribution in [2.45, 2.75) is 27.2 Å². The molecule has 0 aliphatic carbocycles. The zero-order valence-electron chi connectivity index (χ0n) is 10.9. The summed E-state index contributed by atoms with van der Waals surface area (Å²) in [6.45, 7) is 5.04. The number of carboxylic acids is 1. The van der Waals surface area contributed by atoms with Crippen LogP contribution >= 0.6 is 11.6 Å². The lowest BCUT2D eigenvalue weighted by molar-refractivity contribution is -0.146. The molecule has 0 heterocycles. The van der Waals surface area contributed by atoms with Crippen LogP contribution in [0.2, 0.25) is 5.02 Å². The lowest BCUT2D eigenvalue weighted by Gasteiger charge is -2.22. The molecule has 0 aliphatic heterocycles. The van der Waals surface area contributed by atoms with Gasteiger partial charge in [-0.15, -0.1) is 0 Å². The number of hydrogen-bond donors (Lipinski definition) is 2. The van der Waals surface area contributed by atoms with E-state index in [1.165, 1.54) is 7.11 Å². The number of ether oxygens (including phenoxy) is 1. The van der Waals surface area contributed by atoms with Crippen LogP contribution in [0.3, 0.4) is 0 Å². The molecule has 0 fully saturated rings. The van der Waals surface area contributed by atoms with E-state index in [4.69, 9.17) is 21.4 Å². The minimum Gasteiger partial charge on any atom is -0.503 e. The first-order valence-electron chi connectivity index (χ1n) is 5.49. The van der Waals surface area contributed by atoms with E-state index >= 15 is 0 Å². The Kier molecular flexibility index (Phi) is 4.12. The standard InChI is InChI=1S/C13H17ClO4/c1-7-5-9(18-4)11(15)10(14)8(7)6-13(2,3)12(16)17/h5,15H,6H2,1-4H3,(H,16,17). The predicted octanol–water partition coefficient (Wildman–Crippen LogP) is 3.02. The normalized spacial score (nSPS) is 11.4. The SMILES string of the molecule is COc1cc(C)c(CC(C)(C)C(=O)O)c(Cl)c1O. The maximum absolute atomic E-state index is 11.1. The van der Waals surface area contributed by atoms with Crippen molar-refractivity contribution in [2.75, 3.05) is 7.11 Å². The molecule has 18 heavy (non-hydrogen) atoms. The quantitative estimate of drug-likeness (QED) is 0.884.